The van der Waals surface area contributed by atoms with Crippen LogP contribution in [-0.2, 0) is 11.2 Å². The normalized spacial score (nSPS) is 22.8. The summed E-state index contributed by atoms with van der Waals surface area (Å²) < 4.78 is 5.70. The molecule has 0 heterocycles. The third-order valence-electron chi connectivity index (χ3n) is 4.22. The smallest absolute Gasteiger partial charge is 0.0469 e. The highest BCUT2D eigenvalue weighted by Gasteiger charge is 2.24. The molecule has 1 aliphatic carbocycles. The minimum absolute atomic E-state index is 0.188. The number of hydrogen-bond donors (Lipinski definition) is 1. The molecule has 2 nitrogen and oxygen atoms in total. The number of rotatable bonds is 6. The number of aryl methyl sites for hydroxylation is 1. The van der Waals surface area contributed by atoms with Gasteiger partial charge in [0.2, 0.25) is 0 Å². The average molecular weight is 261 g/mol. The van der Waals surface area contributed by atoms with E-state index in [1.54, 1.807) is 0 Å². The Hall–Kier alpha value is -0.860. The summed E-state index contributed by atoms with van der Waals surface area (Å²) in [5, 5.41) is 0. The van der Waals surface area contributed by atoms with Gasteiger partial charge in [-0.25, -0.2) is 0 Å². The maximum absolute atomic E-state index is 6.48. The first kappa shape index (κ1) is 14.5. The van der Waals surface area contributed by atoms with Crippen LogP contribution >= 0.6 is 0 Å². The molecule has 2 rings (SSSR count). The van der Waals surface area contributed by atoms with E-state index in [0.29, 0.717) is 5.92 Å². The van der Waals surface area contributed by atoms with Crippen LogP contribution in [0.3, 0.4) is 0 Å². The van der Waals surface area contributed by atoms with Crippen LogP contribution in [0, 0.1) is 5.92 Å². The molecule has 0 aliphatic heterocycles. The van der Waals surface area contributed by atoms with Gasteiger partial charge in [0.15, 0.2) is 0 Å². The number of unbranched alkanes of at least 4 members (excludes halogenated alkanes) is 1. The Balaban J connectivity index is 1.88. The standard InChI is InChI=1S/C17H27NO/c1-2-3-12-19-13-11-15-9-6-8-14-7-4-5-10-16(14)17(15)18/h4-5,7,10,15,17H,2-3,6,8-9,11-13,18H2,1H3. The fraction of sp³-hybridized carbons (Fsp3) is 0.647. The summed E-state index contributed by atoms with van der Waals surface area (Å²) in [7, 11) is 0. The highest BCUT2D eigenvalue weighted by molar-refractivity contribution is 5.31. The van der Waals surface area contributed by atoms with Gasteiger partial charge >= 0.3 is 0 Å². The summed E-state index contributed by atoms with van der Waals surface area (Å²) in [4.78, 5) is 0. The van der Waals surface area contributed by atoms with E-state index >= 15 is 0 Å². The second-order valence-electron chi connectivity index (χ2n) is 5.63. The fourth-order valence-electron chi connectivity index (χ4n) is 2.98. The van der Waals surface area contributed by atoms with Gasteiger partial charge in [0.05, 0.1) is 0 Å². The lowest BCUT2D eigenvalue weighted by Crippen LogP contribution is -2.22. The van der Waals surface area contributed by atoms with Gasteiger partial charge in [0.25, 0.3) is 0 Å². The zero-order valence-corrected chi connectivity index (χ0v) is 12.1. The summed E-state index contributed by atoms with van der Waals surface area (Å²) in [6.45, 7) is 3.96. The van der Waals surface area contributed by atoms with Crippen LogP contribution in [0.2, 0.25) is 0 Å². The van der Waals surface area contributed by atoms with E-state index in [1.807, 2.05) is 0 Å². The Kier molecular flexibility index (Phi) is 5.87. The molecule has 0 radical (unpaired) electrons. The fourth-order valence-corrected chi connectivity index (χ4v) is 2.98. The van der Waals surface area contributed by atoms with E-state index in [2.05, 4.69) is 31.2 Å². The van der Waals surface area contributed by atoms with Gasteiger partial charge in [-0.15, -0.1) is 0 Å². The number of benzene rings is 1. The minimum Gasteiger partial charge on any atom is -0.381 e. The van der Waals surface area contributed by atoms with Crippen LogP contribution in [0.1, 0.15) is 56.2 Å². The zero-order chi connectivity index (χ0) is 13.5. The van der Waals surface area contributed by atoms with Crippen molar-refractivity contribution in [2.45, 2.75) is 51.5 Å². The number of hydrogen-bond acceptors (Lipinski definition) is 2. The van der Waals surface area contributed by atoms with Crippen molar-refractivity contribution in [1.82, 2.24) is 0 Å². The molecule has 0 spiro atoms. The predicted molar refractivity (Wildman–Crippen MR) is 80.1 cm³/mol. The van der Waals surface area contributed by atoms with Crippen molar-refractivity contribution in [3.8, 4) is 0 Å². The molecule has 0 saturated heterocycles. The van der Waals surface area contributed by atoms with Gasteiger partial charge in [-0.2, -0.15) is 0 Å². The maximum atomic E-state index is 6.48. The van der Waals surface area contributed by atoms with E-state index in [9.17, 15) is 0 Å². The van der Waals surface area contributed by atoms with Crippen molar-refractivity contribution in [2.24, 2.45) is 11.7 Å². The summed E-state index contributed by atoms with van der Waals surface area (Å²) in [6, 6.07) is 8.86. The summed E-state index contributed by atoms with van der Waals surface area (Å²) in [5.41, 5.74) is 9.28. The molecular formula is C17H27NO. The molecule has 19 heavy (non-hydrogen) atoms. The lowest BCUT2D eigenvalue weighted by Gasteiger charge is -2.23. The van der Waals surface area contributed by atoms with Crippen molar-refractivity contribution in [3.63, 3.8) is 0 Å². The van der Waals surface area contributed by atoms with Crippen molar-refractivity contribution < 1.29 is 4.74 Å². The molecular weight excluding hydrogens is 234 g/mol. The topological polar surface area (TPSA) is 35.2 Å². The first-order chi connectivity index (χ1) is 9.33. The van der Waals surface area contributed by atoms with Crippen molar-refractivity contribution in [3.05, 3.63) is 35.4 Å². The molecule has 0 aromatic heterocycles. The highest BCUT2D eigenvalue weighted by atomic mass is 16.5. The van der Waals surface area contributed by atoms with Gasteiger partial charge in [0.1, 0.15) is 0 Å². The van der Waals surface area contributed by atoms with Crippen LogP contribution in [0.15, 0.2) is 24.3 Å². The number of nitrogens with two attached hydrogens (primary N) is 1. The third kappa shape index (κ3) is 4.05. The van der Waals surface area contributed by atoms with E-state index in [4.69, 9.17) is 10.5 Å². The lowest BCUT2D eigenvalue weighted by atomic mass is 9.89. The molecule has 0 bridgehead atoms. The second kappa shape index (κ2) is 7.66. The Morgan fingerprint density at radius 1 is 1.26 bits per heavy atom. The van der Waals surface area contributed by atoms with Gasteiger partial charge in [-0.3, -0.25) is 0 Å². The molecule has 106 valence electrons. The maximum Gasteiger partial charge on any atom is 0.0469 e. The molecule has 2 unspecified atom stereocenters. The predicted octanol–water partition coefficient (Wildman–Crippen LogP) is 3.85. The van der Waals surface area contributed by atoms with E-state index in [0.717, 1.165) is 19.6 Å². The van der Waals surface area contributed by atoms with Gasteiger partial charge in [0, 0.05) is 19.3 Å². The molecule has 1 aliphatic rings. The minimum atomic E-state index is 0.188. The summed E-state index contributed by atoms with van der Waals surface area (Å²) in [6.07, 6.45) is 7.13. The zero-order valence-electron chi connectivity index (χ0n) is 12.1. The van der Waals surface area contributed by atoms with E-state index in [1.165, 1.54) is 43.2 Å². The van der Waals surface area contributed by atoms with Crippen LogP contribution in [0.25, 0.3) is 0 Å². The molecule has 1 aromatic rings. The lowest BCUT2D eigenvalue weighted by molar-refractivity contribution is 0.112. The number of ether oxygens (including phenoxy) is 1. The molecule has 0 saturated carbocycles. The molecule has 2 atom stereocenters. The monoisotopic (exact) mass is 261 g/mol. The van der Waals surface area contributed by atoms with Crippen LogP contribution in [0.5, 0.6) is 0 Å². The molecule has 1 aromatic carbocycles. The largest absolute Gasteiger partial charge is 0.381 e. The molecule has 0 fully saturated rings. The quantitative estimate of drug-likeness (QED) is 0.623. The van der Waals surface area contributed by atoms with Gasteiger partial charge in [-0.1, -0.05) is 37.6 Å². The summed E-state index contributed by atoms with van der Waals surface area (Å²) in [5.74, 6) is 0.574. The highest BCUT2D eigenvalue weighted by Crippen LogP contribution is 2.33. The SMILES string of the molecule is CCCCOCCC1CCCc2ccccc2C1N. The first-order valence-electron chi connectivity index (χ1n) is 7.74. The first-order valence-corrected chi connectivity index (χ1v) is 7.74. The molecule has 2 heteroatoms. The van der Waals surface area contributed by atoms with E-state index in [-0.39, 0.29) is 6.04 Å². The summed E-state index contributed by atoms with van der Waals surface area (Å²) >= 11 is 0. The van der Waals surface area contributed by atoms with Crippen LogP contribution in [-0.4, -0.2) is 13.2 Å². The molecule has 2 N–H and O–H groups in total. The Bertz CT molecular complexity index is 377. The van der Waals surface area contributed by atoms with Crippen molar-refractivity contribution >= 4 is 0 Å². The molecule has 0 amide bonds. The Morgan fingerprint density at radius 2 is 2.11 bits per heavy atom. The second-order valence-corrected chi connectivity index (χ2v) is 5.63. The van der Waals surface area contributed by atoms with Crippen molar-refractivity contribution in [1.29, 1.82) is 0 Å². The van der Waals surface area contributed by atoms with Gasteiger partial charge < -0.3 is 10.5 Å². The Morgan fingerprint density at radius 3 is 2.95 bits per heavy atom. The number of fused-ring (bicyclic) bond motifs is 1. The van der Waals surface area contributed by atoms with Crippen molar-refractivity contribution in [2.75, 3.05) is 13.2 Å². The Labute approximate surface area is 117 Å². The van der Waals surface area contributed by atoms with Crippen LogP contribution < -0.4 is 5.73 Å². The average Bonchev–Trinajstić information content (AvgIpc) is 2.59. The van der Waals surface area contributed by atoms with Gasteiger partial charge in [-0.05, 0) is 49.1 Å². The van der Waals surface area contributed by atoms with E-state index < -0.39 is 0 Å². The van der Waals surface area contributed by atoms with Crippen LogP contribution in [0.4, 0.5) is 0 Å². The third-order valence-corrected chi connectivity index (χ3v) is 4.22.